The molecule has 25 heavy (non-hydrogen) atoms. The molecule has 2 N–H and O–H groups in total. The Morgan fingerprint density at radius 2 is 2.16 bits per heavy atom. The van der Waals surface area contributed by atoms with Gasteiger partial charge in [0.25, 0.3) is 0 Å². The minimum atomic E-state index is 0.259. The molecular weight excluding hydrogens is 316 g/mol. The summed E-state index contributed by atoms with van der Waals surface area (Å²) in [7, 11) is 5.88. The highest BCUT2D eigenvalue weighted by Crippen LogP contribution is 2.31. The maximum atomic E-state index is 9.63. The maximum absolute atomic E-state index is 9.63. The number of nitrogens with zero attached hydrogens (tertiary/aromatic N) is 3. The second-order valence-electron chi connectivity index (χ2n) is 6.97. The molecule has 2 aromatic rings. The molecule has 0 spiro atoms. The predicted octanol–water partition coefficient (Wildman–Crippen LogP) is 1.83. The topological polar surface area (TPSA) is 64.6 Å². The highest BCUT2D eigenvalue weighted by Gasteiger charge is 2.30. The number of H-pyrrole nitrogens is 1. The summed E-state index contributed by atoms with van der Waals surface area (Å²) in [5.41, 5.74) is 3.22. The van der Waals surface area contributed by atoms with Gasteiger partial charge in [-0.1, -0.05) is 12.1 Å². The van der Waals surface area contributed by atoms with Gasteiger partial charge in [-0.2, -0.15) is 5.10 Å². The van der Waals surface area contributed by atoms with Gasteiger partial charge in [0.1, 0.15) is 5.75 Å². The van der Waals surface area contributed by atoms with Crippen molar-refractivity contribution in [3.8, 4) is 17.0 Å². The Kier molecular flexibility index (Phi) is 5.73. The van der Waals surface area contributed by atoms with E-state index in [9.17, 15) is 5.11 Å². The molecule has 3 rings (SSSR count). The molecule has 2 atom stereocenters. The summed E-state index contributed by atoms with van der Waals surface area (Å²) in [5.74, 6) is 1.20. The first kappa shape index (κ1) is 17.9. The van der Waals surface area contributed by atoms with Crippen molar-refractivity contribution in [1.29, 1.82) is 0 Å². The van der Waals surface area contributed by atoms with Crippen molar-refractivity contribution in [1.82, 2.24) is 20.0 Å². The third-order valence-electron chi connectivity index (χ3n) is 5.19. The first-order valence-electron chi connectivity index (χ1n) is 8.79. The number of aromatic amines is 1. The van der Waals surface area contributed by atoms with E-state index in [2.05, 4.69) is 40.2 Å². The van der Waals surface area contributed by atoms with Crippen molar-refractivity contribution >= 4 is 0 Å². The van der Waals surface area contributed by atoms with Crippen LogP contribution in [0.25, 0.3) is 11.3 Å². The summed E-state index contributed by atoms with van der Waals surface area (Å²) in [6.07, 6.45) is 2.92. The van der Waals surface area contributed by atoms with Gasteiger partial charge in [0.2, 0.25) is 0 Å². The molecule has 6 nitrogen and oxygen atoms in total. The van der Waals surface area contributed by atoms with Crippen LogP contribution in [-0.2, 0) is 6.54 Å². The van der Waals surface area contributed by atoms with Crippen molar-refractivity contribution in [2.45, 2.75) is 19.0 Å². The number of rotatable bonds is 6. The van der Waals surface area contributed by atoms with E-state index < -0.39 is 0 Å². The minimum Gasteiger partial charge on any atom is -0.496 e. The van der Waals surface area contributed by atoms with Crippen LogP contribution in [0.5, 0.6) is 5.75 Å². The number of aliphatic hydroxyl groups is 1. The van der Waals surface area contributed by atoms with E-state index in [0.29, 0.717) is 12.0 Å². The Morgan fingerprint density at radius 1 is 1.36 bits per heavy atom. The highest BCUT2D eigenvalue weighted by molar-refractivity contribution is 5.69. The lowest BCUT2D eigenvalue weighted by Gasteiger charge is -2.41. The number of aliphatic hydroxyl groups excluding tert-OH is 1. The summed E-state index contributed by atoms with van der Waals surface area (Å²) < 4.78 is 5.50. The fourth-order valence-electron chi connectivity index (χ4n) is 3.74. The number of hydrogen-bond donors (Lipinski definition) is 2. The van der Waals surface area contributed by atoms with E-state index in [1.165, 1.54) is 5.56 Å². The van der Waals surface area contributed by atoms with Crippen LogP contribution in [-0.4, -0.2) is 72.0 Å². The van der Waals surface area contributed by atoms with Crippen LogP contribution >= 0.6 is 0 Å². The average molecular weight is 344 g/mol. The van der Waals surface area contributed by atoms with Gasteiger partial charge in [-0.05, 0) is 45.1 Å². The highest BCUT2D eigenvalue weighted by atomic mass is 16.5. The van der Waals surface area contributed by atoms with Gasteiger partial charge in [-0.15, -0.1) is 0 Å². The number of methoxy groups -OCH3 is 1. The Bertz CT molecular complexity index is 686. The molecule has 1 aromatic carbocycles. The first-order chi connectivity index (χ1) is 12.1. The lowest BCUT2D eigenvalue weighted by atomic mass is 9.91. The van der Waals surface area contributed by atoms with Crippen LogP contribution < -0.4 is 4.74 Å². The molecule has 0 amide bonds. The zero-order valence-electron chi connectivity index (χ0n) is 15.3. The van der Waals surface area contributed by atoms with Gasteiger partial charge in [0.05, 0.1) is 19.0 Å². The molecule has 136 valence electrons. The lowest BCUT2D eigenvalue weighted by molar-refractivity contribution is 0.0461. The Balaban J connectivity index is 1.78. The Labute approximate surface area is 149 Å². The summed E-state index contributed by atoms with van der Waals surface area (Å²) in [6, 6.07) is 8.38. The average Bonchev–Trinajstić information content (AvgIpc) is 3.09. The SMILES string of the molecule is COc1ccccc1-c1[nH]ncc1CN1CC[C@H](CO)[C@H](N(C)C)C1. The van der Waals surface area contributed by atoms with Gasteiger partial charge in [-0.25, -0.2) is 0 Å². The van der Waals surface area contributed by atoms with Crippen molar-refractivity contribution in [3.63, 3.8) is 0 Å². The molecule has 0 bridgehead atoms. The molecule has 1 aromatic heterocycles. The molecule has 0 radical (unpaired) electrons. The van der Waals surface area contributed by atoms with E-state index in [1.54, 1.807) is 7.11 Å². The van der Waals surface area contributed by atoms with Crippen LogP contribution in [0.15, 0.2) is 30.5 Å². The molecule has 1 aliphatic rings. The van der Waals surface area contributed by atoms with Gasteiger partial charge in [-0.3, -0.25) is 10.00 Å². The quantitative estimate of drug-likeness (QED) is 0.837. The van der Waals surface area contributed by atoms with Crippen LogP contribution in [0, 0.1) is 5.92 Å². The number of likely N-dealkylation sites (N-methyl/N-ethyl adjacent to an activating group) is 1. The summed E-state index contributed by atoms with van der Waals surface area (Å²) in [6.45, 7) is 3.04. The number of piperidine rings is 1. The first-order valence-corrected chi connectivity index (χ1v) is 8.79. The normalized spacial score (nSPS) is 21.6. The zero-order chi connectivity index (χ0) is 17.8. The number of benzene rings is 1. The molecule has 2 heterocycles. The zero-order valence-corrected chi connectivity index (χ0v) is 15.3. The summed E-state index contributed by atoms with van der Waals surface area (Å²) in [4.78, 5) is 4.67. The second-order valence-corrected chi connectivity index (χ2v) is 6.97. The molecule has 6 heteroatoms. The van der Waals surface area contributed by atoms with Crippen molar-refractivity contribution in [2.75, 3.05) is 40.9 Å². The Hall–Kier alpha value is -1.89. The molecule has 0 saturated carbocycles. The molecule has 1 aliphatic heterocycles. The summed E-state index contributed by atoms with van der Waals surface area (Å²) >= 11 is 0. The number of ether oxygens (including phenoxy) is 1. The van der Waals surface area contributed by atoms with Crippen LogP contribution in [0.4, 0.5) is 0 Å². The lowest BCUT2D eigenvalue weighted by Crippen LogP contribution is -2.51. The number of hydrogen-bond acceptors (Lipinski definition) is 5. The smallest absolute Gasteiger partial charge is 0.128 e. The van der Waals surface area contributed by atoms with E-state index >= 15 is 0 Å². The van der Waals surface area contributed by atoms with Crippen LogP contribution in [0.1, 0.15) is 12.0 Å². The van der Waals surface area contributed by atoms with E-state index in [-0.39, 0.29) is 6.61 Å². The number of nitrogens with one attached hydrogen (secondary N) is 1. The molecule has 0 unspecified atom stereocenters. The molecule has 1 fully saturated rings. The third-order valence-corrected chi connectivity index (χ3v) is 5.19. The van der Waals surface area contributed by atoms with E-state index in [1.807, 2.05) is 24.4 Å². The molecule has 1 saturated heterocycles. The number of aromatic nitrogens is 2. The third kappa shape index (κ3) is 3.86. The van der Waals surface area contributed by atoms with Gasteiger partial charge >= 0.3 is 0 Å². The number of para-hydroxylation sites is 1. The van der Waals surface area contributed by atoms with Crippen molar-refractivity contribution in [3.05, 3.63) is 36.0 Å². The number of likely N-dealkylation sites (tertiary alicyclic amines) is 1. The van der Waals surface area contributed by atoms with Gasteiger partial charge in [0.15, 0.2) is 0 Å². The molecule has 0 aliphatic carbocycles. The monoisotopic (exact) mass is 344 g/mol. The minimum absolute atomic E-state index is 0.259. The molecular formula is C19H28N4O2. The van der Waals surface area contributed by atoms with Gasteiger partial charge in [0, 0.05) is 36.9 Å². The van der Waals surface area contributed by atoms with Crippen molar-refractivity contribution < 1.29 is 9.84 Å². The Morgan fingerprint density at radius 3 is 2.88 bits per heavy atom. The van der Waals surface area contributed by atoms with Gasteiger partial charge < -0.3 is 14.7 Å². The fourth-order valence-corrected chi connectivity index (χ4v) is 3.74. The largest absolute Gasteiger partial charge is 0.496 e. The van der Waals surface area contributed by atoms with E-state index in [0.717, 1.165) is 43.1 Å². The van der Waals surface area contributed by atoms with Crippen LogP contribution in [0.2, 0.25) is 0 Å². The maximum Gasteiger partial charge on any atom is 0.128 e. The standard InChI is InChI=1S/C19H28N4O2/c1-22(2)17-12-23(9-8-14(17)13-24)11-15-10-20-21-19(15)16-6-4-5-7-18(16)25-3/h4-7,10,14,17,24H,8-9,11-13H2,1-3H3,(H,20,21)/t14-,17-/m1/s1. The fraction of sp³-hybridized carbons (Fsp3) is 0.526. The summed E-state index contributed by atoms with van der Waals surface area (Å²) in [5, 5.41) is 17.0. The van der Waals surface area contributed by atoms with Crippen LogP contribution in [0.3, 0.4) is 0 Å². The van der Waals surface area contributed by atoms with Crippen molar-refractivity contribution in [2.24, 2.45) is 5.92 Å². The second kappa shape index (κ2) is 7.99. The predicted molar refractivity (Wildman–Crippen MR) is 98.5 cm³/mol. The van der Waals surface area contributed by atoms with E-state index in [4.69, 9.17) is 4.74 Å².